The molecule has 0 spiro atoms. The van der Waals surface area contributed by atoms with Gasteiger partial charge in [0.1, 0.15) is 36.4 Å². The molecule has 0 radical (unpaired) electrons. The molecule has 0 aliphatic carbocycles. The number of imidazole rings is 2. The molecule has 1 aliphatic heterocycles. The minimum absolute atomic E-state index is 0.0654. The number of aromatic nitrogens is 11. The Morgan fingerprint density at radius 3 is 1.84 bits per heavy atom. The molecule has 0 atom stereocenters. The SMILES string of the molecule is O=C(Cn1cnc(-c2ccc(CCc3nc(N4CCOCC4)cn3CC(=O)Nc3ccc(-c4cnccn4)cn3)nc2)c1)Nc1ccc(-c2cnccn2)cn1. The summed E-state index contributed by atoms with van der Waals surface area (Å²) >= 11 is 0. The molecule has 2 N–H and O–H groups in total. The van der Waals surface area contributed by atoms with Gasteiger partial charge in [0, 0.05) is 97.7 Å². The Bertz CT molecular complexity index is 2380. The van der Waals surface area contributed by atoms with Crippen LogP contribution < -0.4 is 15.5 Å². The van der Waals surface area contributed by atoms with E-state index in [1.54, 1.807) is 85.0 Å². The van der Waals surface area contributed by atoms with E-state index in [1.807, 2.05) is 35.0 Å². The Balaban J connectivity index is 0.872. The molecule has 56 heavy (non-hydrogen) atoms. The summed E-state index contributed by atoms with van der Waals surface area (Å²) in [6.07, 6.45) is 21.4. The minimum Gasteiger partial charge on any atom is -0.378 e. The van der Waals surface area contributed by atoms with Crippen LogP contribution in [0.15, 0.2) is 111 Å². The number of anilines is 3. The van der Waals surface area contributed by atoms with Crippen LogP contribution in [0.4, 0.5) is 17.5 Å². The average molecular weight is 749 g/mol. The van der Waals surface area contributed by atoms with Crippen molar-refractivity contribution in [3.05, 3.63) is 122 Å². The van der Waals surface area contributed by atoms with Crippen molar-refractivity contribution < 1.29 is 14.3 Å². The number of rotatable bonds is 13. The zero-order chi connectivity index (χ0) is 38.1. The van der Waals surface area contributed by atoms with E-state index in [2.05, 4.69) is 50.4 Å². The number of nitrogens with zero attached hydrogens (tertiary/aromatic N) is 12. The van der Waals surface area contributed by atoms with Gasteiger partial charge in [-0.15, -0.1) is 0 Å². The van der Waals surface area contributed by atoms with E-state index in [0.717, 1.165) is 47.1 Å². The van der Waals surface area contributed by atoms with Crippen molar-refractivity contribution in [2.24, 2.45) is 0 Å². The molecule has 7 aromatic heterocycles. The number of hydrogen-bond acceptors (Lipinski definition) is 13. The first-order valence-electron chi connectivity index (χ1n) is 17.9. The molecule has 0 aromatic carbocycles. The number of hydrogen-bond donors (Lipinski definition) is 2. The average Bonchev–Trinajstić information content (AvgIpc) is 3.88. The monoisotopic (exact) mass is 748 g/mol. The van der Waals surface area contributed by atoms with Crippen molar-refractivity contribution in [1.29, 1.82) is 0 Å². The smallest absolute Gasteiger partial charge is 0.245 e. The number of carbonyl (C=O) groups excluding carboxylic acids is 2. The fraction of sp³-hybridized carbons (Fsp3) is 0.205. The van der Waals surface area contributed by atoms with Crippen molar-refractivity contribution in [2.45, 2.75) is 25.9 Å². The molecular formula is C39H36N14O3. The van der Waals surface area contributed by atoms with Crippen LogP contribution in [0.3, 0.4) is 0 Å². The van der Waals surface area contributed by atoms with E-state index < -0.39 is 0 Å². The minimum atomic E-state index is -0.236. The third-order valence-corrected chi connectivity index (χ3v) is 8.96. The Hall–Kier alpha value is -7.27. The molecular weight excluding hydrogens is 713 g/mol. The van der Waals surface area contributed by atoms with Gasteiger partial charge >= 0.3 is 0 Å². The van der Waals surface area contributed by atoms with E-state index >= 15 is 0 Å². The summed E-state index contributed by atoms with van der Waals surface area (Å²) in [6.45, 7) is 2.84. The number of nitrogens with one attached hydrogen (secondary N) is 2. The number of amides is 2. The van der Waals surface area contributed by atoms with Crippen LogP contribution in [0, 0.1) is 0 Å². The first-order valence-corrected chi connectivity index (χ1v) is 17.9. The van der Waals surface area contributed by atoms with Crippen LogP contribution >= 0.6 is 0 Å². The van der Waals surface area contributed by atoms with Gasteiger partial charge in [-0.25, -0.2) is 19.9 Å². The second kappa shape index (κ2) is 16.8. The third-order valence-electron chi connectivity index (χ3n) is 8.96. The summed E-state index contributed by atoms with van der Waals surface area (Å²) < 4.78 is 9.13. The predicted octanol–water partition coefficient (Wildman–Crippen LogP) is 3.74. The lowest BCUT2D eigenvalue weighted by atomic mass is 10.1. The zero-order valence-corrected chi connectivity index (χ0v) is 30.1. The summed E-state index contributed by atoms with van der Waals surface area (Å²) in [5, 5.41) is 5.71. The Kier molecular flexibility index (Phi) is 10.7. The van der Waals surface area contributed by atoms with Crippen LogP contribution in [0.25, 0.3) is 33.8 Å². The normalized spacial score (nSPS) is 12.7. The fourth-order valence-electron chi connectivity index (χ4n) is 6.10. The summed E-state index contributed by atoms with van der Waals surface area (Å²) in [5.41, 5.74) is 5.38. The maximum atomic E-state index is 13.2. The Morgan fingerprint density at radius 1 is 0.625 bits per heavy atom. The molecule has 0 unspecified atom stereocenters. The van der Waals surface area contributed by atoms with E-state index in [0.29, 0.717) is 54.8 Å². The number of ether oxygens (including phenoxy) is 1. The second-order valence-corrected chi connectivity index (χ2v) is 12.9. The highest BCUT2D eigenvalue weighted by Crippen LogP contribution is 2.21. The number of carbonyl (C=O) groups is 2. The summed E-state index contributed by atoms with van der Waals surface area (Å²) in [7, 11) is 0. The van der Waals surface area contributed by atoms with Gasteiger partial charge < -0.3 is 29.4 Å². The predicted molar refractivity (Wildman–Crippen MR) is 206 cm³/mol. The van der Waals surface area contributed by atoms with Gasteiger partial charge in [0.25, 0.3) is 0 Å². The third kappa shape index (κ3) is 8.91. The second-order valence-electron chi connectivity index (χ2n) is 12.9. The molecule has 1 aliphatic rings. The van der Waals surface area contributed by atoms with Crippen LogP contribution in [-0.4, -0.2) is 92.1 Å². The zero-order valence-electron chi connectivity index (χ0n) is 30.1. The Morgan fingerprint density at radius 2 is 1.25 bits per heavy atom. The highest BCUT2D eigenvalue weighted by atomic mass is 16.5. The summed E-state index contributed by atoms with van der Waals surface area (Å²) in [5.74, 6) is 1.99. The topological polar surface area (TPSA) is 197 Å². The van der Waals surface area contributed by atoms with Gasteiger partial charge in [-0.2, -0.15) is 0 Å². The molecule has 0 bridgehead atoms. The molecule has 280 valence electrons. The molecule has 2 amide bonds. The first-order chi connectivity index (χ1) is 27.5. The molecule has 17 nitrogen and oxygen atoms in total. The molecule has 17 heteroatoms. The lowest BCUT2D eigenvalue weighted by molar-refractivity contribution is -0.117. The van der Waals surface area contributed by atoms with Gasteiger partial charge in [-0.3, -0.25) is 34.5 Å². The largest absolute Gasteiger partial charge is 0.378 e. The highest BCUT2D eigenvalue weighted by molar-refractivity contribution is 5.90. The molecule has 8 rings (SSSR count). The lowest BCUT2D eigenvalue weighted by Gasteiger charge is -2.26. The van der Waals surface area contributed by atoms with Crippen molar-refractivity contribution in [3.63, 3.8) is 0 Å². The van der Waals surface area contributed by atoms with Crippen molar-refractivity contribution in [3.8, 4) is 33.8 Å². The number of pyridine rings is 3. The number of aryl methyl sites for hydroxylation is 2. The lowest BCUT2D eigenvalue weighted by Crippen LogP contribution is -2.36. The maximum Gasteiger partial charge on any atom is 0.245 e. The molecule has 1 saturated heterocycles. The van der Waals surface area contributed by atoms with Gasteiger partial charge in [0.05, 0.1) is 49.0 Å². The molecule has 7 aromatic rings. The van der Waals surface area contributed by atoms with Crippen LogP contribution in [0.5, 0.6) is 0 Å². The van der Waals surface area contributed by atoms with Crippen LogP contribution in [0.2, 0.25) is 0 Å². The molecule has 1 fully saturated rings. The van der Waals surface area contributed by atoms with Gasteiger partial charge in [0.15, 0.2) is 0 Å². The van der Waals surface area contributed by atoms with Crippen LogP contribution in [-0.2, 0) is 40.3 Å². The van der Waals surface area contributed by atoms with Crippen molar-refractivity contribution in [2.75, 3.05) is 41.8 Å². The van der Waals surface area contributed by atoms with E-state index in [1.165, 1.54) is 0 Å². The van der Waals surface area contributed by atoms with E-state index in [4.69, 9.17) is 14.7 Å². The molecule has 8 heterocycles. The highest BCUT2D eigenvalue weighted by Gasteiger charge is 2.19. The maximum absolute atomic E-state index is 13.2. The summed E-state index contributed by atoms with van der Waals surface area (Å²) in [6, 6.07) is 11.1. The van der Waals surface area contributed by atoms with E-state index in [-0.39, 0.29) is 24.9 Å². The quantitative estimate of drug-likeness (QED) is 0.173. The van der Waals surface area contributed by atoms with Gasteiger partial charge in [-0.1, -0.05) is 0 Å². The Labute approximate surface area is 321 Å². The van der Waals surface area contributed by atoms with Crippen molar-refractivity contribution >= 4 is 29.3 Å². The first kappa shape index (κ1) is 35.7. The fourth-order valence-corrected chi connectivity index (χ4v) is 6.10. The van der Waals surface area contributed by atoms with Crippen molar-refractivity contribution in [1.82, 2.24) is 54.0 Å². The van der Waals surface area contributed by atoms with Gasteiger partial charge in [-0.05, 0) is 42.8 Å². The van der Waals surface area contributed by atoms with E-state index in [9.17, 15) is 9.59 Å². The standard InChI is InChI=1S/C39H36N14O3/c54-38(48-34-6-2-27(18-45-34)31-20-40-9-11-42-31)24-51-22-33(47-26-51)29-1-4-30(44-17-29)5-8-36-50-37(52-13-15-56-16-14-52)23-53(36)25-39(55)49-35-7-3-28(19-46-35)32-21-41-10-12-43-32/h1-4,6-7,9-12,17-23,26H,5,8,13-16,24-25H2,(H,45,48,54)(H,46,49,55). The van der Waals surface area contributed by atoms with Gasteiger partial charge in [0.2, 0.25) is 11.8 Å². The molecule has 0 saturated carbocycles. The number of morpholine rings is 1. The van der Waals surface area contributed by atoms with Crippen LogP contribution in [0.1, 0.15) is 11.5 Å². The summed E-state index contributed by atoms with van der Waals surface area (Å²) in [4.78, 5) is 67.7.